The Balaban J connectivity index is 1.62. The first-order valence-corrected chi connectivity index (χ1v) is 14.7. The second-order valence-electron chi connectivity index (χ2n) is 10.2. The number of thiophene rings is 1. The van der Waals surface area contributed by atoms with E-state index in [2.05, 4.69) is 63.1 Å². The number of benzene rings is 2. The van der Waals surface area contributed by atoms with Crippen LogP contribution in [0.25, 0.3) is 0 Å². The van der Waals surface area contributed by atoms with Gasteiger partial charge in [0.25, 0.3) is 0 Å². The molecule has 0 aliphatic carbocycles. The van der Waals surface area contributed by atoms with Crippen molar-refractivity contribution in [3.63, 3.8) is 0 Å². The normalized spacial score (nSPS) is 16.1. The summed E-state index contributed by atoms with van der Waals surface area (Å²) < 4.78 is 27.8. The molecule has 3 aromatic rings. The fraction of sp³-hybridized carbons (Fsp3) is 0.345. The van der Waals surface area contributed by atoms with Crippen molar-refractivity contribution in [2.45, 2.75) is 44.4 Å². The van der Waals surface area contributed by atoms with Crippen LogP contribution in [0.1, 0.15) is 53.9 Å². The molecule has 7 heteroatoms. The number of carbonyl (C=O) groups excluding carboxylic acids is 1. The number of amides is 1. The van der Waals surface area contributed by atoms with Crippen LogP contribution in [0.3, 0.4) is 0 Å². The van der Waals surface area contributed by atoms with Gasteiger partial charge in [-0.3, -0.25) is 4.79 Å². The fourth-order valence-corrected chi connectivity index (χ4v) is 6.99. The number of nitrogens with zero attached hydrogens (tertiary/aromatic N) is 2. The van der Waals surface area contributed by atoms with E-state index in [1.165, 1.54) is 20.8 Å². The zero-order valence-corrected chi connectivity index (χ0v) is 22.8. The SMILES string of the molecule is C=CCN(CC(=O)N1CCc2sccc2C1c1ccc(C(C)(C)C)cc1)S(=O)(=O)Cc1ccccc1. The van der Waals surface area contributed by atoms with E-state index in [4.69, 9.17) is 0 Å². The van der Waals surface area contributed by atoms with E-state index >= 15 is 0 Å². The summed E-state index contributed by atoms with van der Waals surface area (Å²) in [6, 6.07) is 19.4. The van der Waals surface area contributed by atoms with Gasteiger partial charge in [-0.2, -0.15) is 4.31 Å². The number of hydrogen-bond donors (Lipinski definition) is 0. The van der Waals surface area contributed by atoms with Gasteiger partial charge in [0, 0.05) is 18.0 Å². The van der Waals surface area contributed by atoms with Crippen molar-refractivity contribution in [1.82, 2.24) is 9.21 Å². The topological polar surface area (TPSA) is 57.7 Å². The van der Waals surface area contributed by atoms with Gasteiger partial charge in [-0.15, -0.1) is 17.9 Å². The molecule has 1 aromatic heterocycles. The lowest BCUT2D eigenvalue weighted by molar-refractivity contribution is -0.133. The molecular formula is C29H34N2O3S2. The molecule has 1 unspecified atom stereocenters. The van der Waals surface area contributed by atoms with E-state index in [1.54, 1.807) is 23.5 Å². The van der Waals surface area contributed by atoms with Gasteiger partial charge >= 0.3 is 0 Å². The average molecular weight is 523 g/mol. The Morgan fingerprint density at radius 1 is 1.11 bits per heavy atom. The Morgan fingerprint density at radius 2 is 1.81 bits per heavy atom. The summed E-state index contributed by atoms with van der Waals surface area (Å²) in [5.41, 5.74) is 4.13. The Bertz CT molecular complexity index is 1310. The lowest BCUT2D eigenvalue weighted by Crippen LogP contribution is -2.47. The van der Waals surface area contributed by atoms with Crippen LogP contribution in [0, 0.1) is 0 Å². The van der Waals surface area contributed by atoms with E-state index in [9.17, 15) is 13.2 Å². The van der Waals surface area contributed by atoms with Gasteiger partial charge in [0.1, 0.15) is 0 Å². The molecule has 1 amide bonds. The minimum atomic E-state index is -3.71. The molecule has 1 aliphatic heterocycles. The standard InChI is InChI=1S/C29H34N2O3S2/c1-5-17-30(36(33,34)21-22-9-7-6-8-10-22)20-27(32)31-18-15-26-25(16-19-35-26)28(31)23-11-13-24(14-12-23)29(2,3)4/h5-14,16,19,28H,1,15,17-18,20-21H2,2-4H3. The summed E-state index contributed by atoms with van der Waals surface area (Å²) in [6.07, 6.45) is 2.30. The number of hydrogen-bond acceptors (Lipinski definition) is 4. The van der Waals surface area contributed by atoms with Gasteiger partial charge in [0.05, 0.1) is 18.3 Å². The van der Waals surface area contributed by atoms with Crippen LogP contribution >= 0.6 is 11.3 Å². The van der Waals surface area contributed by atoms with Crippen molar-refractivity contribution >= 4 is 27.3 Å². The monoisotopic (exact) mass is 522 g/mol. The van der Waals surface area contributed by atoms with Gasteiger partial charge in [-0.25, -0.2) is 8.42 Å². The van der Waals surface area contributed by atoms with Crippen LogP contribution in [0.5, 0.6) is 0 Å². The Labute approximate surface area is 219 Å². The van der Waals surface area contributed by atoms with Crippen LogP contribution < -0.4 is 0 Å². The summed E-state index contributed by atoms with van der Waals surface area (Å²) in [7, 11) is -3.71. The minimum Gasteiger partial charge on any atom is -0.330 e. The number of rotatable bonds is 8. The molecule has 0 spiro atoms. The molecule has 2 aromatic carbocycles. The maximum Gasteiger partial charge on any atom is 0.238 e. The van der Waals surface area contributed by atoms with E-state index in [-0.39, 0.29) is 36.2 Å². The van der Waals surface area contributed by atoms with E-state index in [0.717, 1.165) is 17.5 Å². The quantitative estimate of drug-likeness (QED) is 0.365. The zero-order valence-electron chi connectivity index (χ0n) is 21.2. The van der Waals surface area contributed by atoms with Crippen LogP contribution in [0.4, 0.5) is 0 Å². The predicted octanol–water partition coefficient (Wildman–Crippen LogP) is 5.54. The molecule has 1 aliphatic rings. The van der Waals surface area contributed by atoms with Gasteiger partial charge in [-0.05, 0) is 45.5 Å². The molecule has 190 valence electrons. The summed E-state index contributed by atoms with van der Waals surface area (Å²) in [6.45, 7) is 10.7. The summed E-state index contributed by atoms with van der Waals surface area (Å²) >= 11 is 1.71. The first-order chi connectivity index (χ1) is 17.1. The molecule has 0 saturated heterocycles. The molecule has 0 saturated carbocycles. The molecule has 36 heavy (non-hydrogen) atoms. The van der Waals surface area contributed by atoms with Gasteiger partial charge in [0.2, 0.25) is 15.9 Å². The third-order valence-corrected chi connectivity index (χ3v) is 9.37. The van der Waals surface area contributed by atoms with Crippen molar-refractivity contribution in [3.8, 4) is 0 Å². The van der Waals surface area contributed by atoms with E-state index in [0.29, 0.717) is 12.1 Å². The Kier molecular flexibility index (Phi) is 7.83. The van der Waals surface area contributed by atoms with Crippen LogP contribution in [-0.2, 0) is 32.4 Å². The molecule has 0 radical (unpaired) electrons. The second-order valence-corrected chi connectivity index (χ2v) is 13.2. The maximum absolute atomic E-state index is 13.7. The highest BCUT2D eigenvalue weighted by Gasteiger charge is 2.35. The van der Waals surface area contributed by atoms with Crippen LogP contribution in [0.2, 0.25) is 0 Å². The fourth-order valence-electron chi connectivity index (χ4n) is 4.65. The first-order valence-electron chi connectivity index (χ1n) is 12.2. The highest BCUT2D eigenvalue weighted by molar-refractivity contribution is 7.88. The lowest BCUT2D eigenvalue weighted by Gasteiger charge is -2.37. The molecule has 0 N–H and O–H groups in total. The summed E-state index contributed by atoms with van der Waals surface area (Å²) in [5, 5.41) is 2.07. The summed E-state index contributed by atoms with van der Waals surface area (Å²) in [4.78, 5) is 16.8. The Morgan fingerprint density at radius 3 is 2.44 bits per heavy atom. The van der Waals surface area contributed by atoms with Crippen molar-refractivity contribution in [2.75, 3.05) is 19.6 Å². The maximum atomic E-state index is 13.7. The van der Waals surface area contributed by atoms with Crippen LogP contribution in [0.15, 0.2) is 78.7 Å². The van der Waals surface area contributed by atoms with Crippen molar-refractivity contribution in [1.29, 1.82) is 0 Å². The van der Waals surface area contributed by atoms with Crippen molar-refractivity contribution in [2.24, 2.45) is 0 Å². The zero-order chi connectivity index (χ0) is 25.9. The van der Waals surface area contributed by atoms with Crippen molar-refractivity contribution < 1.29 is 13.2 Å². The Hall–Kier alpha value is -2.74. The highest BCUT2D eigenvalue weighted by Crippen LogP contribution is 2.38. The molecular weight excluding hydrogens is 488 g/mol. The number of sulfonamides is 1. The van der Waals surface area contributed by atoms with Gasteiger partial charge < -0.3 is 4.90 Å². The van der Waals surface area contributed by atoms with E-state index in [1.807, 2.05) is 23.1 Å². The van der Waals surface area contributed by atoms with Gasteiger partial charge in [-0.1, -0.05) is 81.4 Å². The molecule has 2 heterocycles. The van der Waals surface area contributed by atoms with Crippen LogP contribution in [-0.4, -0.2) is 43.2 Å². The first kappa shape index (κ1) is 26.3. The molecule has 0 bridgehead atoms. The minimum absolute atomic E-state index is 0.0342. The molecule has 4 rings (SSSR count). The number of carbonyl (C=O) groups is 1. The third kappa shape index (κ3) is 5.80. The largest absolute Gasteiger partial charge is 0.330 e. The average Bonchev–Trinajstić information content (AvgIpc) is 3.32. The number of fused-ring (bicyclic) bond motifs is 1. The van der Waals surface area contributed by atoms with E-state index < -0.39 is 10.0 Å². The van der Waals surface area contributed by atoms with Gasteiger partial charge in [0.15, 0.2) is 0 Å². The third-order valence-electron chi connectivity index (χ3n) is 6.61. The van der Waals surface area contributed by atoms with Crippen molar-refractivity contribution in [3.05, 3.63) is 106 Å². The molecule has 5 nitrogen and oxygen atoms in total. The predicted molar refractivity (Wildman–Crippen MR) is 148 cm³/mol. The molecule has 1 atom stereocenters. The summed E-state index contributed by atoms with van der Waals surface area (Å²) in [5.74, 6) is -0.350. The highest BCUT2D eigenvalue weighted by atomic mass is 32.2. The second kappa shape index (κ2) is 10.7. The smallest absolute Gasteiger partial charge is 0.238 e. The molecule has 0 fully saturated rings. The lowest BCUT2D eigenvalue weighted by atomic mass is 9.85.